The summed E-state index contributed by atoms with van der Waals surface area (Å²) in [7, 11) is 2.23. The van der Waals surface area contributed by atoms with Crippen molar-refractivity contribution in [2.45, 2.75) is 64.0 Å². The number of hydrogen-bond donors (Lipinski definition) is 1. The fraction of sp³-hybridized carbons (Fsp3) is 0.647. The van der Waals surface area contributed by atoms with Crippen LogP contribution in [0, 0.1) is 0 Å². The van der Waals surface area contributed by atoms with Crippen LogP contribution in [0.15, 0.2) is 22.7 Å². The van der Waals surface area contributed by atoms with Crippen LogP contribution < -0.4 is 10.6 Å². The molecule has 2 rings (SSSR count). The first-order valence-electron chi connectivity index (χ1n) is 7.88. The zero-order chi connectivity index (χ0) is 14.5. The Labute approximate surface area is 131 Å². The Bertz CT molecular complexity index is 427. The first kappa shape index (κ1) is 15.8. The van der Waals surface area contributed by atoms with Crippen molar-refractivity contribution >= 4 is 21.6 Å². The Morgan fingerprint density at radius 3 is 2.60 bits per heavy atom. The van der Waals surface area contributed by atoms with Crippen molar-refractivity contribution in [3.05, 3.63) is 28.2 Å². The van der Waals surface area contributed by atoms with E-state index in [1.807, 2.05) is 0 Å². The van der Waals surface area contributed by atoms with Crippen molar-refractivity contribution in [3.8, 4) is 0 Å². The third-order valence-electron chi connectivity index (χ3n) is 4.54. The van der Waals surface area contributed by atoms with Crippen molar-refractivity contribution in [1.29, 1.82) is 0 Å². The SMILES string of the molecule is CCC(N)Cc1ccc(N(C)C2CCCCC2)c(Br)c1. The van der Waals surface area contributed by atoms with Crippen molar-refractivity contribution in [2.24, 2.45) is 5.73 Å². The summed E-state index contributed by atoms with van der Waals surface area (Å²) >= 11 is 3.74. The van der Waals surface area contributed by atoms with Gasteiger partial charge in [-0.1, -0.05) is 32.3 Å². The van der Waals surface area contributed by atoms with Crippen LogP contribution in [0.1, 0.15) is 51.0 Å². The molecular formula is C17H27BrN2. The van der Waals surface area contributed by atoms with Crippen LogP contribution >= 0.6 is 15.9 Å². The highest BCUT2D eigenvalue weighted by Gasteiger charge is 2.19. The van der Waals surface area contributed by atoms with Crippen LogP contribution in [-0.2, 0) is 6.42 Å². The molecule has 20 heavy (non-hydrogen) atoms. The van der Waals surface area contributed by atoms with E-state index < -0.39 is 0 Å². The lowest BCUT2D eigenvalue weighted by Crippen LogP contribution is -2.33. The molecule has 1 unspecified atom stereocenters. The van der Waals surface area contributed by atoms with Gasteiger partial charge >= 0.3 is 0 Å². The molecule has 112 valence electrons. The molecule has 1 aliphatic rings. The molecule has 0 aromatic heterocycles. The minimum Gasteiger partial charge on any atom is -0.371 e. The van der Waals surface area contributed by atoms with Crippen LogP contribution in [0.2, 0.25) is 0 Å². The topological polar surface area (TPSA) is 29.3 Å². The van der Waals surface area contributed by atoms with Crippen LogP contribution in [0.5, 0.6) is 0 Å². The van der Waals surface area contributed by atoms with Gasteiger partial charge in [0.2, 0.25) is 0 Å². The number of anilines is 1. The summed E-state index contributed by atoms with van der Waals surface area (Å²) < 4.78 is 1.20. The molecule has 1 aliphatic carbocycles. The molecule has 2 nitrogen and oxygen atoms in total. The van der Waals surface area contributed by atoms with Gasteiger partial charge in [-0.25, -0.2) is 0 Å². The van der Waals surface area contributed by atoms with Gasteiger partial charge in [-0.15, -0.1) is 0 Å². The average molecular weight is 339 g/mol. The smallest absolute Gasteiger partial charge is 0.0510 e. The van der Waals surface area contributed by atoms with Crippen molar-refractivity contribution in [2.75, 3.05) is 11.9 Å². The summed E-state index contributed by atoms with van der Waals surface area (Å²) in [5.41, 5.74) is 8.68. The molecule has 0 spiro atoms. The van der Waals surface area contributed by atoms with Gasteiger partial charge in [-0.3, -0.25) is 0 Å². The number of nitrogens with two attached hydrogens (primary N) is 1. The van der Waals surface area contributed by atoms with Crippen molar-refractivity contribution in [1.82, 2.24) is 0 Å². The Hall–Kier alpha value is -0.540. The van der Waals surface area contributed by atoms with Gasteiger partial charge in [0.1, 0.15) is 0 Å². The monoisotopic (exact) mass is 338 g/mol. The maximum absolute atomic E-state index is 6.04. The van der Waals surface area contributed by atoms with E-state index in [-0.39, 0.29) is 6.04 Å². The number of benzene rings is 1. The zero-order valence-corrected chi connectivity index (χ0v) is 14.3. The number of rotatable bonds is 5. The second-order valence-electron chi connectivity index (χ2n) is 6.06. The molecule has 1 atom stereocenters. The number of nitrogens with zero attached hydrogens (tertiary/aromatic N) is 1. The average Bonchev–Trinajstić information content (AvgIpc) is 2.47. The normalized spacial score (nSPS) is 18.0. The minimum atomic E-state index is 0.267. The molecule has 3 heteroatoms. The lowest BCUT2D eigenvalue weighted by molar-refractivity contribution is 0.427. The molecule has 1 aromatic rings. The van der Waals surface area contributed by atoms with Gasteiger partial charge in [-0.05, 0) is 59.3 Å². The van der Waals surface area contributed by atoms with Gasteiger partial charge < -0.3 is 10.6 Å². The molecular weight excluding hydrogens is 312 g/mol. The number of halogens is 1. The fourth-order valence-electron chi connectivity index (χ4n) is 3.08. The minimum absolute atomic E-state index is 0.267. The van der Waals surface area contributed by atoms with Crippen LogP contribution in [0.3, 0.4) is 0 Å². The highest BCUT2D eigenvalue weighted by atomic mass is 79.9. The summed E-state index contributed by atoms with van der Waals surface area (Å²) in [5.74, 6) is 0. The maximum atomic E-state index is 6.04. The first-order valence-corrected chi connectivity index (χ1v) is 8.68. The highest BCUT2D eigenvalue weighted by Crippen LogP contribution is 2.32. The lowest BCUT2D eigenvalue weighted by Gasteiger charge is -2.33. The Morgan fingerprint density at radius 1 is 1.30 bits per heavy atom. The summed E-state index contributed by atoms with van der Waals surface area (Å²) in [6.07, 6.45) is 8.78. The van der Waals surface area contributed by atoms with Crippen LogP contribution in [-0.4, -0.2) is 19.1 Å². The molecule has 0 aliphatic heterocycles. The molecule has 2 N–H and O–H groups in total. The van der Waals surface area contributed by atoms with Crippen molar-refractivity contribution < 1.29 is 0 Å². The van der Waals surface area contributed by atoms with E-state index in [4.69, 9.17) is 5.73 Å². The molecule has 1 aromatic carbocycles. The Kier molecular flexibility index (Phi) is 5.91. The number of hydrogen-bond acceptors (Lipinski definition) is 2. The summed E-state index contributed by atoms with van der Waals surface area (Å²) in [4.78, 5) is 2.45. The van der Waals surface area contributed by atoms with Crippen LogP contribution in [0.4, 0.5) is 5.69 Å². The van der Waals surface area contributed by atoms with E-state index in [0.717, 1.165) is 12.8 Å². The molecule has 1 saturated carbocycles. The standard InChI is InChI=1S/C17H27BrN2/c1-3-14(19)11-13-9-10-17(16(18)12-13)20(2)15-7-5-4-6-8-15/h9-10,12,14-15H,3-8,11,19H2,1-2H3. The Morgan fingerprint density at radius 2 is 2.00 bits per heavy atom. The van der Waals surface area contributed by atoms with Gasteiger partial charge in [0.05, 0.1) is 5.69 Å². The van der Waals surface area contributed by atoms with E-state index >= 15 is 0 Å². The first-order chi connectivity index (χ1) is 9.61. The Balaban J connectivity index is 2.08. The third-order valence-corrected chi connectivity index (χ3v) is 5.17. The van der Waals surface area contributed by atoms with E-state index in [2.05, 4.69) is 53.0 Å². The quantitative estimate of drug-likeness (QED) is 0.856. The lowest BCUT2D eigenvalue weighted by atomic mass is 9.94. The largest absolute Gasteiger partial charge is 0.371 e. The third kappa shape index (κ3) is 3.98. The van der Waals surface area contributed by atoms with Gasteiger partial charge in [-0.2, -0.15) is 0 Å². The predicted octanol–water partition coefficient (Wildman–Crippen LogP) is 4.50. The second kappa shape index (κ2) is 7.46. The van der Waals surface area contributed by atoms with E-state index in [0.29, 0.717) is 6.04 Å². The molecule has 1 fully saturated rings. The van der Waals surface area contributed by atoms with E-state index in [1.54, 1.807) is 0 Å². The highest BCUT2D eigenvalue weighted by molar-refractivity contribution is 9.10. The van der Waals surface area contributed by atoms with Crippen LogP contribution in [0.25, 0.3) is 0 Å². The van der Waals surface area contributed by atoms with Crippen molar-refractivity contribution in [3.63, 3.8) is 0 Å². The van der Waals surface area contributed by atoms with E-state index in [9.17, 15) is 0 Å². The summed E-state index contributed by atoms with van der Waals surface area (Å²) in [6.45, 7) is 2.14. The van der Waals surface area contributed by atoms with Gasteiger partial charge in [0.25, 0.3) is 0 Å². The zero-order valence-electron chi connectivity index (χ0n) is 12.7. The second-order valence-corrected chi connectivity index (χ2v) is 6.92. The molecule has 0 bridgehead atoms. The van der Waals surface area contributed by atoms with Gasteiger partial charge in [0.15, 0.2) is 0 Å². The molecule has 0 heterocycles. The molecule has 0 radical (unpaired) electrons. The predicted molar refractivity (Wildman–Crippen MR) is 91.4 cm³/mol. The summed E-state index contributed by atoms with van der Waals surface area (Å²) in [6, 6.07) is 7.68. The summed E-state index contributed by atoms with van der Waals surface area (Å²) in [5, 5.41) is 0. The molecule has 0 saturated heterocycles. The van der Waals surface area contributed by atoms with Gasteiger partial charge in [0, 0.05) is 23.6 Å². The maximum Gasteiger partial charge on any atom is 0.0510 e. The fourth-order valence-corrected chi connectivity index (χ4v) is 3.78. The molecule has 0 amide bonds. The van der Waals surface area contributed by atoms with E-state index in [1.165, 1.54) is 47.8 Å².